The van der Waals surface area contributed by atoms with Crippen LogP contribution in [0.5, 0.6) is 5.75 Å². The molecular weight excluding hydrogens is 236 g/mol. The Morgan fingerprint density at radius 2 is 2.00 bits per heavy atom. The Labute approximate surface area is 115 Å². The molecule has 0 unspecified atom stereocenters. The largest absolute Gasteiger partial charge is 0.494 e. The van der Waals surface area contributed by atoms with Crippen LogP contribution >= 0.6 is 0 Å². The lowest BCUT2D eigenvalue weighted by Gasteiger charge is -2.13. The number of nitrogens with zero attached hydrogens (tertiary/aromatic N) is 2. The lowest BCUT2D eigenvalue weighted by atomic mass is 10.2. The van der Waals surface area contributed by atoms with Crippen LogP contribution in [0.4, 0.5) is 0 Å². The van der Waals surface area contributed by atoms with Gasteiger partial charge in [0.25, 0.3) is 0 Å². The molecule has 1 fully saturated rings. The maximum Gasteiger partial charge on any atom is 0.120 e. The number of likely N-dealkylation sites (tertiary alicyclic amines) is 1. The minimum absolute atomic E-state index is 0.659. The number of rotatable bonds is 7. The molecule has 1 heterocycles. The van der Waals surface area contributed by atoms with Gasteiger partial charge in [-0.05, 0) is 69.9 Å². The molecule has 0 atom stereocenters. The molecule has 1 aliphatic heterocycles. The Morgan fingerprint density at radius 1 is 1.16 bits per heavy atom. The number of hydrogen-bond donors (Lipinski definition) is 0. The highest BCUT2D eigenvalue weighted by molar-refractivity contribution is 5.36. The van der Waals surface area contributed by atoms with Crippen LogP contribution in [0.3, 0.4) is 0 Å². The predicted octanol–water partition coefficient (Wildman–Crippen LogP) is 3.20. The molecule has 0 spiro atoms. The van der Waals surface area contributed by atoms with Crippen LogP contribution in [0.2, 0.25) is 0 Å². The first-order chi connectivity index (χ1) is 9.38. The summed E-state index contributed by atoms with van der Waals surface area (Å²) in [6.07, 6.45) is 6.32. The molecular formula is C16H22N2O. The van der Waals surface area contributed by atoms with Crippen molar-refractivity contribution < 1.29 is 4.74 Å². The van der Waals surface area contributed by atoms with Crippen LogP contribution in [0.25, 0.3) is 0 Å². The molecule has 1 saturated heterocycles. The summed E-state index contributed by atoms with van der Waals surface area (Å²) in [5.74, 6) is 0.804. The third-order valence-electron chi connectivity index (χ3n) is 3.55. The molecule has 0 radical (unpaired) electrons. The molecule has 1 aromatic rings. The Bertz CT molecular complexity index is 419. The van der Waals surface area contributed by atoms with E-state index in [2.05, 4.69) is 11.0 Å². The Kier molecular flexibility index (Phi) is 5.71. The Balaban J connectivity index is 1.55. The maximum atomic E-state index is 8.80. The SMILES string of the molecule is N#Cc1cccc(OCCCCCN2CCCC2)c1. The van der Waals surface area contributed by atoms with Crippen molar-refractivity contribution in [1.29, 1.82) is 5.26 Å². The molecule has 0 bridgehead atoms. The van der Waals surface area contributed by atoms with Gasteiger partial charge in [-0.1, -0.05) is 6.07 Å². The molecule has 19 heavy (non-hydrogen) atoms. The Morgan fingerprint density at radius 3 is 2.79 bits per heavy atom. The third kappa shape index (κ3) is 4.92. The minimum Gasteiger partial charge on any atom is -0.494 e. The number of ether oxygens (including phenoxy) is 1. The summed E-state index contributed by atoms with van der Waals surface area (Å²) in [4.78, 5) is 2.55. The summed E-state index contributed by atoms with van der Waals surface area (Å²) in [5.41, 5.74) is 0.659. The lowest BCUT2D eigenvalue weighted by molar-refractivity contribution is 0.290. The van der Waals surface area contributed by atoms with Crippen molar-refractivity contribution in [2.75, 3.05) is 26.2 Å². The van der Waals surface area contributed by atoms with Gasteiger partial charge in [0.05, 0.1) is 18.2 Å². The second-order valence-electron chi connectivity index (χ2n) is 5.10. The molecule has 0 amide bonds. The van der Waals surface area contributed by atoms with Gasteiger partial charge >= 0.3 is 0 Å². The molecule has 0 aromatic heterocycles. The quantitative estimate of drug-likeness (QED) is 0.705. The van der Waals surface area contributed by atoms with E-state index >= 15 is 0 Å². The lowest BCUT2D eigenvalue weighted by Crippen LogP contribution is -2.20. The van der Waals surface area contributed by atoms with Gasteiger partial charge in [0, 0.05) is 0 Å². The van der Waals surface area contributed by atoms with Crippen LogP contribution in [0.15, 0.2) is 24.3 Å². The second-order valence-corrected chi connectivity index (χ2v) is 5.10. The molecule has 3 heteroatoms. The predicted molar refractivity (Wildman–Crippen MR) is 76.2 cm³/mol. The maximum absolute atomic E-state index is 8.80. The van der Waals surface area contributed by atoms with Crippen molar-refractivity contribution >= 4 is 0 Å². The fourth-order valence-corrected chi connectivity index (χ4v) is 2.47. The summed E-state index contributed by atoms with van der Waals surface area (Å²) in [6.45, 7) is 4.56. The summed E-state index contributed by atoms with van der Waals surface area (Å²) in [5, 5.41) is 8.80. The standard InChI is InChI=1S/C16H22N2O/c17-14-15-7-6-8-16(13-15)19-12-5-1-2-9-18-10-3-4-11-18/h6-8,13H,1-5,9-12H2. The summed E-state index contributed by atoms with van der Waals surface area (Å²) in [7, 11) is 0. The fraction of sp³-hybridized carbons (Fsp3) is 0.562. The smallest absolute Gasteiger partial charge is 0.120 e. The van der Waals surface area contributed by atoms with E-state index in [1.165, 1.54) is 45.3 Å². The molecule has 1 aliphatic rings. The van der Waals surface area contributed by atoms with E-state index in [1.807, 2.05) is 12.1 Å². The van der Waals surface area contributed by atoms with Gasteiger partial charge in [0.2, 0.25) is 0 Å². The van der Waals surface area contributed by atoms with E-state index in [-0.39, 0.29) is 0 Å². The Hall–Kier alpha value is -1.53. The number of nitriles is 1. The molecule has 0 N–H and O–H groups in total. The molecule has 2 rings (SSSR count). The van der Waals surface area contributed by atoms with E-state index in [9.17, 15) is 0 Å². The second kappa shape index (κ2) is 7.81. The number of unbranched alkanes of at least 4 members (excludes halogenated alkanes) is 2. The zero-order valence-corrected chi connectivity index (χ0v) is 11.5. The zero-order chi connectivity index (χ0) is 13.3. The highest BCUT2D eigenvalue weighted by Crippen LogP contribution is 2.13. The monoisotopic (exact) mass is 258 g/mol. The van der Waals surface area contributed by atoms with Crippen molar-refractivity contribution in [3.63, 3.8) is 0 Å². The van der Waals surface area contributed by atoms with Crippen LogP contribution in [0, 0.1) is 11.3 Å². The average Bonchev–Trinajstić information content (AvgIpc) is 2.96. The molecule has 102 valence electrons. The third-order valence-corrected chi connectivity index (χ3v) is 3.55. The molecule has 0 aliphatic carbocycles. The minimum atomic E-state index is 0.659. The van der Waals surface area contributed by atoms with Crippen LogP contribution in [-0.4, -0.2) is 31.1 Å². The van der Waals surface area contributed by atoms with Gasteiger partial charge in [-0.25, -0.2) is 0 Å². The van der Waals surface area contributed by atoms with Crippen molar-refractivity contribution in [1.82, 2.24) is 4.90 Å². The van der Waals surface area contributed by atoms with Crippen molar-refractivity contribution in [3.05, 3.63) is 29.8 Å². The van der Waals surface area contributed by atoms with Crippen molar-refractivity contribution in [3.8, 4) is 11.8 Å². The van der Waals surface area contributed by atoms with Crippen molar-refractivity contribution in [2.24, 2.45) is 0 Å². The normalized spacial score (nSPS) is 15.3. The van der Waals surface area contributed by atoms with E-state index < -0.39 is 0 Å². The van der Waals surface area contributed by atoms with E-state index in [4.69, 9.17) is 10.00 Å². The molecule has 0 saturated carbocycles. The van der Waals surface area contributed by atoms with Crippen LogP contribution in [-0.2, 0) is 0 Å². The summed E-state index contributed by atoms with van der Waals surface area (Å²) < 4.78 is 5.66. The first-order valence-corrected chi connectivity index (χ1v) is 7.24. The van der Waals surface area contributed by atoms with Gasteiger partial charge in [0.1, 0.15) is 5.75 Å². The van der Waals surface area contributed by atoms with Gasteiger partial charge in [-0.3, -0.25) is 0 Å². The number of benzene rings is 1. The molecule has 1 aromatic carbocycles. The van der Waals surface area contributed by atoms with Gasteiger partial charge in [0.15, 0.2) is 0 Å². The van der Waals surface area contributed by atoms with Gasteiger partial charge in [-0.15, -0.1) is 0 Å². The van der Waals surface area contributed by atoms with Crippen LogP contribution in [0.1, 0.15) is 37.7 Å². The average molecular weight is 258 g/mol. The van der Waals surface area contributed by atoms with Crippen LogP contribution < -0.4 is 4.74 Å². The van der Waals surface area contributed by atoms with Gasteiger partial charge in [-0.2, -0.15) is 5.26 Å². The van der Waals surface area contributed by atoms with E-state index in [1.54, 1.807) is 12.1 Å². The first-order valence-electron chi connectivity index (χ1n) is 7.24. The topological polar surface area (TPSA) is 36.3 Å². The van der Waals surface area contributed by atoms with E-state index in [0.717, 1.165) is 18.8 Å². The molecule has 3 nitrogen and oxygen atoms in total. The highest BCUT2D eigenvalue weighted by atomic mass is 16.5. The van der Waals surface area contributed by atoms with Crippen molar-refractivity contribution in [2.45, 2.75) is 32.1 Å². The first kappa shape index (κ1) is 13.9. The fourth-order valence-electron chi connectivity index (χ4n) is 2.47. The summed E-state index contributed by atoms with van der Waals surface area (Å²) in [6, 6.07) is 9.48. The number of hydrogen-bond acceptors (Lipinski definition) is 3. The highest BCUT2D eigenvalue weighted by Gasteiger charge is 2.09. The van der Waals surface area contributed by atoms with E-state index in [0.29, 0.717) is 5.56 Å². The summed E-state index contributed by atoms with van der Waals surface area (Å²) >= 11 is 0. The zero-order valence-electron chi connectivity index (χ0n) is 11.5. The van der Waals surface area contributed by atoms with Gasteiger partial charge < -0.3 is 9.64 Å².